The first-order valence-electron chi connectivity index (χ1n) is 8.60. The summed E-state index contributed by atoms with van der Waals surface area (Å²) in [5.41, 5.74) is 0.794. The number of guanidine groups is 1. The van der Waals surface area contributed by atoms with Gasteiger partial charge in [0.1, 0.15) is 0 Å². The van der Waals surface area contributed by atoms with Crippen molar-refractivity contribution in [1.29, 1.82) is 0 Å². The van der Waals surface area contributed by atoms with Crippen LogP contribution in [0.15, 0.2) is 23.3 Å². The van der Waals surface area contributed by atoms with E-state index in [1.807, 2.05) is 18.7 Å². The van der Waals surface area contributed by atoms with Crippen LogP contribution in [0.2, 0.25) is 0 Å². The van der Waals surface area contributed by atoms with E-state index in [9.17, 15) is 13.2 Å². The van der Waals surface area contributed by atoms with Crippen LogP contribution < -0.4 is 15.4 Å². The Labute approximate surface area is 179 Å². The minimum absolute atomic E-state index is 0. The molecule has 0 saturated carbocycles. The number of aromatic nitrogens is 1. The summed E-state index contributed by atoms with van der Waals surface area (Å²) in [5, 5.41) is 6.57. The molecule has 1 saturated heterocycles. The topological polar surface area (TPSA) is 58.5 Å². The van der Waals surface area contributed by atoms with Gasteiger partial charge in [-0.3, -0.25) is 0 Å². The Morgan fingerprint density at radius 2 is 2.15 bits per heavy atom. The smallest absolute Gasteiger partial charge is 0.422 e. The molecule has 0 spiro atoms. The van der Waals surface area contributed by atoms with Crippen molar-refractivity contribution in [3.8, 4) is 5.88 Å². The number of nitrogens with zero attached hydrogens (tertiary/aromatic N) is 2. The Balaban J connectivity index is 0.00000364. The van der Waals surface area contributed by atoms with Crippen molar-refractivity contribution >= 4 is 41.7 Å². The summed E-state index contributed by atoms with van der Waals surface area (Å²) < 4.78 is 41.2. The second-order valence-corrected chi connectivity index (χ2v) is 8.04. The third-order valence-corrected chi connectivity index (χ3v) is 5.41. The third kappa shape index (κ3) is 9.22. The SMILES string of the molecule is CCNC(=NCc1ccc(OCC(F)(F)F)nc1)NCC1(C)CCCS1.I. The fourth-order valence-corrected chi connectivity index (χ4v) is 3.75. The fraction of sp³-hybridized carbons (Fsp3) is 0.647. The number of ether oxygens (including phenoxy) is 1. The van der Waals surface area contributed by atoms with Crippen LogP contribution in [-0.4, -0.2) is 47.3 Å². The van der Waals surface area contributed by atoms with E-state index in [-0.39, 0.29) is 34.6 Å². The predicted molar refractivity (Wildman–Crippen MR) is 114 cm³/mol. The van der Waals surface area contributed by atoms with Crippen molar-refractivity contribution < 1.29 is 17.9 Å². The van der Waals surface area contributed by atoms with Gasteiger partial charge in [0.15, 0.2) is 12.6 Å². The third-order valence-electron chi connectivity index (χ3n) is 3.88. The largest absolute Gasteiger partial charge is 0.468 e. The zero-order chi connectivity index (χ0) is 19.0. The maximum absolute atomic E-state index is 12.1. The van der Waals surface area contributed by atoms with Crippen molar-refractivity contribution in [1.82, 2.24) is 15.6 Å². The molecule has 1 aliphatic heterocycles. The highest BCUT2D eigenvalue weighted by Crippen LogP contribution is 2.36. The molecule has 0 aromatic carbocycles. The predicted octanol–water partition coefficient (Wildman–Crippen LogP) is 3.98. The van der Waals surface area contributed by atoms with Crippen molar-refractivity contribution in [2.75, 3.05) is 25.4 Å². The molecule has 0 aliphatic carbocycles. The second kappa shape index (κ2) is 11.2. The van der Waals surface area contributed by atoms with Crippen molar-refractivity contribution in [3.63, 3.8) is 0 Å². The Kier molecular flexibility index (Phi) is 9.99. The van der Waals surface area contributed by atoms with Gasteiger partial charge in [-0.25, -0.2) is 9.98 Å². The van der Waals surface area contributed by atoms with E-state index in [4.69, 9.17) is 0 Å². The maximum Gasteiger partial charge on any atom is 0.422 e. The molecule has 27 heavy (non-hydrogen) atoms. The summed E-state index contributed by atoms with van der Waals surface area (Å²) in [6, 6.07) is 3.09. The van der Waals surface area contributed by atoms with Gasteiger partial charge in [-0.05, 0) is 38.0 Å². The van der Waals surface area contributed by atoms with Crippen LogP contribution in [0.5, 0.6) is 5.88 Å². The summed E-state index contributed by atoms with van der Waals surface area (Å²) in [6.07, 6.45) is -0.462. The highest BCUT2D eigenvalue weighted by molar-refractivity contribution is 14.0. The van der Waals surface area contributed by atoms with Crippen LogP contribution in [0.3, 0.4) is 0 Å². The quantitative estimate of drug-likeness (QED) is 0.325. The zero-order valence-corrected chi connectivity index (χ0v) is 18.6. The normalized spacial score (nSPS) is 20.1. The van der Waals surface area contributed by atoms with Crippen LogP contribution in [0, 0.1) is 0 Å². The van der Waals surface area contributed by atoms with E-state index in [2.05, 4.69) is 32.3 Å². The van der Waals surface area contributed by atoms with Crippen LogP contribution in [-0.2, 0) is 6.54 Å². The lowest BCUT2D eigenvalue weighted by Gasteiger charge is -2.24. The molecule has 1 aromatic heterocycles. The monoisotopic (exact) mass is 518 g/mol. The van der Waals surface area contributed by atoms with E-state index in [1.165, 1.54) is 30.9 Å². The lowest BCUT2D eigenvalue weighted by atomic mass is 10.1. The standard InChI is InChI=1S/C17H25F3N4OS.HI/c1-3-21-15(24-11-16(2)7-4-8-26-16)23-10-13-5-6-14(22-9-13)25-12-17(18,19)20;/h5-6,9H,3-4,7-8,10-12H2,1-2H3,(H2,21,23,24);1H. The number of aliphatic imine (C=N–C) groups is 1. The molecule has 1 aliphatic rings. The van der Waals surface area contributed by atoms with E-state index < -0.39 is 12.8 Å². The average Bonchev–Trinajstić information content (AvgIpc) is 3.03. The van der Waals surface area contributed by atoms with Gasteiger partial charge < -0.3 is 15.4 Å². The molecular formula is C17H26F3IN4OS. The van der Waals surface area contributed by atoms with Gasteiger partial charge in [0, 0.05) is 30.1 Å². The first-order valence-corrected chi connectivity index (χ1v) is 9.59. The molecule has 0 bridgehead atoms. The van der Waals surface area contributed by atoms with E-state index in [0.717, 1.165) is 24.6 Å². The molecule has 10 heteroatoms. The molecule has 1 fully saturated rings. The van der Waals surface area contributed by atoms with Crippen LogP contribution in [0.1, 0.15) is 32.3 Å². The highest BCUT2D eigenvalue weighted by Gasteiger charge is 2.29. The molecule has 0 radical (unpaired) electrons. The maximum atomic E-state index is 12.1. The summed E-state index contributed by atoms with van der Waals surface area (Å²) in [4.78, 5) is 8.41. The molecule has 1 atom stereocenters. The number of alkyl halides is 3. The molecule has 2 rings (SSSR count). The van der Waals surface area contributed by atoms with Crippen molar-refractivity contribution in [2.45, 2.75) is 44.2 Å². The fourth-order valence-electron chi connectivity index (χ4n) is 2.50. The summed E-state index contributed by atoms with van der Waals surface area (Å²) in [7, 11) is 0. The zero-order valence-electron chi connectivity index (χ0n) is 15.4. The minimum atomic E-state index is -4.37. The van der Waals surface area contributed by atoms with Crippen LogP contribution in [0.4, 0.5) is 13.2 Å². The number of pyridine rings is 1. The molecular weight excluding hydrogens is 492 g/mol. The Morgan fingerprint density at radius 1 is 1.37 bits per heavy atom. The molecule has 2 N–H and O–H groups in total. The van der Waals surface area contributed by atoms with Gasteiger partial charge in [0.25, 0.3) is 0 Å². The Hall–Kier alpha value is -0.910. The van der Waals surface area contributed by atoms with Crippen molar-refractivity contribution in [3.05, 3.63) is 23.9 Å². The van der Waals surface area contributed by atoms with Gasteiger partial charge in [-0.15, -0.1) is 24.0 Å². The van der Waals surface area contributed by atoms with E-state index >= 15 is 0 Å². The molecule has 2 heterocycles. The summed E-state index contributed by atoms with van der Waals surface area (Å²) >= 11 is 1.98. The molecule has 0 amide bonds. The Bertz CT molecular complexity index is 593. The lowest BCUT2D eigenvalue weighted by Crippen LogP contribution is -2.43. The van der Waals surface area contributed by atoms with Crippen LogP contribution in [0.25, 0.3) is 0 Å². The van der Waals surface area contributed by atoms with Crippen molar-refractivity contribution in [2.24, 2.45) is 4.99 Å². The van der Waals surface area contributed by atoms with Gasteiger partial charge in [-0.1, -0.05) is 6.07 Å². The second-order valence-electron chi connectivity index (χ2n) is 6.36. The molecule has 5 nitrogen and oxygen atoms in total. The van der Waals surface area contributed by atoms with Gasteiger partial charge >= 0.3 is 6.18 Å². The summed E-state index contributed by atoms with van der Waals surface area (Å²) in [6.45, 7) is 4.88. The van der Waals surface area contributed by atoms with Gasteiger partial charge in [-0.2, -0.15) is 24.9 Å². The summed E-state index contributed by atoms with van der Waals surface area (Å²) in [5.74, 6) is 1.87. The minimum Gasteiger partial charge on any atom is -0.468 e. The number of halogens is 4. The Morgan fingerprint density at radius 3 is 2.70 bits per heavy atom. The number of thioether (sulfide) groups is 1. The van der Waals surface area contributed by atoms with E-state index in [0.29, 0.717) is 6.54 Å². The molecule has 1 unspecified atom stereocenters. The lowest BCUT2D eigenvalue weighted by molar-refractivity contribution is -0.154. The molecule has 1 aromatic rings. The van der Waals surface area contributed by atoms with Gasteiger partial charge in [0.2, 0.25) is 5.88 Å². The van der Waals surface area contributed by atoms with Crippen LogP contribution >= 0.6 is 35.7 Å². The van der Waals surface area contributed by atoms with Gasteiger partial charge in [0.05, 0.1) is 6.54 Å². The molecule has 154 valence electrons. The number of hydrogen-bond acceptors (Lipinski definition) is 4. The number of hydrogen-bond donors (Lipinski definition) is 2. The average molecular weight is 518 g/mol. The first-order chi connectivity index (χ1) is 12.3. The first kappa shape index (κ1) is 24.1. The number of nitrogens with one attached hydrogen (secondary N) is 2. The highest BCUT2D eigenvalue weighted by atomic mass is 127. The van der Waals surface area contributed by atoms with E-state index in [1.54, 1.807) is 6.07 Å². The number of rotatable bonds is 7.